The van der Waals surface area contributed by atoms with Crippen molar-refractivity contribution in [3.8, 4) is 5.75 Å². The first-order valence-corrected chi connectivity index (χ1v) is 13.2. The summed E-state index contributed by atoms with van der Waals surface area (Å²) in [6.07, 6.45) is 0. The van der Waals surface area contributed by atoms with Crippen LogP contribution in [0.4, 0.5) is 0 Å². The molecule has 0 aliphatic heterocycles. The van der Waals surface area contributed by atoms with E-state index in [-0.39, 0.29) is 32.3 Å². The maximum Gasteiger partial charge on any atom is 0.298 e. The third-order valence-corrected chi connectivity index (χ3v) is 8.10. The topological polar surface area (TPSA) is 189 Å². The van der Waals surface area contributed by atoms with E-state index in [1.165, 1.54) is 12.1 Å². The molecule has 4 aromatic rings. The van der Waals surface area contributed by atoms with Crippen LogP contribution in [0.25, 0.3) is 32.3 Å². The van der Waals surface area contributed by atoms with Crippen molar-refractivity contribution in [3.05, 3.63) is 36.4 Å². The number of ketones is 1. The maximum atomic E-state index is 12.8. The van der Waals surface area contributed by atoms with E-state index in [4.69, 9.17) is 4.18 Å². The Kier molecular flexibility index (Phi) is 5.16. The van der Waals surface area contributed by atoms with Gasteiger partial charge in [-0.15, -0.1) is 0 Å². The Morgan fingerprint density at radius 1 is 0.758 bits per heavy atom. The van der Waals surface area contributed by atoms with Crippen LogP contribution < -0.4 is 0 Å². The number of rotatable bonds is 6. The van der Waals surface area contributed by atoms with Crippen LogP contribution in [0.15, 0.2) is 51.1 Å². The van der Waals surface area contributed by atoms with Crippen LogP contribution in [0.1, 0.15) is 6.92 Å². The van der Waals surface area contributed by atoms with Crippen molar-refractivity contribution >= 4 is 68.5 Å². The summed E-state index contributed by atoms with van der Waals surface area (Å²) in [7, 11) is -14.6. The lowest BCUT2D eigenvalue weighted by Crippen LogP contribution is -2.14. The average Bonchev–Trinajstić information content (AvgIpc) is 2.69. The fraction of sp³-hybridized carbons (Fsp3) is 0.105. The number of phenolic OH excluding ortho intramolecular Hbond substituents is 1. The number of phenols is 1. The molecule has 0 aliphatic carbocycles. The van der Waals surface area contributed by atoms with Gasteiger partial charge in [-0.05, 0) is 19.1 Å². The van der Waals surface area contributed by atoms with Crippen molar-refractivity contribution in [2.24, 2.45) is 0 Å². The quantitative estimate of drug-likeness (QED) is 0.194. The predicted octanol–water partition coefficient (Wildman–Crippen LogP) is 2.08. The Balaban J connectivity index is 2.30. The first kappa shape index (κ1) is 23.3. The lowest BCUT2D eigenvalue weighted by Gasteiger charge is -2.18. The Labute approximate surface area is 187 Å². The highest BCUT2D eigenvalue weighted by Crippen LogP contribution is 2.44. The number of carbonyl (C=O) groups is 1. The molecule has 0 aliphatic rings. The Bertz CT molecular complexity index is 1800. The smallest absolute Gasteiger partial charge is 0.298 e. The van der Waals surface area contributed by atoms with Gasteiger partial charge in [-0.25, -0.2) is 0 Å². The van der Waals surface area contributed by atoms with Gasteiger partial charge in [-0.3, -0.25) is 18.1 Å². The number of hydrogen-bond acceptors (Lipinski definition) is 9. The summed E-state index contributed by atoms with van der Waals surface area (Å²) >= 11 is 0. The molecule has 0 saturated heterocycles. The minimum Gasteiger partial charge on any atom is -0.507 e. The van der Waals surface area contributed by atoms with E-state index in [0.717, 1.165) is 25.1 Å². The van der Waals surface area contributed by atoms with Crippen LogP contribution in [0.3, 0.4) is 0 Å². The molecule has 0 spiro atoms. The molecule has 33 heavy (non-hydrogen) atoms. The fourth-order valence-electron chi connectivity index (χ4n) is 3.74. The Hall–Kier alpha value is -2.88. The van der Waals surface area contributed by atoms with Crippen LogP contribution in [0, 0.1) is 0 Å². The average molecular weight is 515 g/mol. The lowest BCUT2D eigenvalue weighted by molar-refractivity contribution is -0.118. The Morgan fingerprint density at radius 2 is 1.18 bits per heavy atom. The van der Waals surface area contributed by atoms with E-state index in [0.29, 0.717) is 6.07 Å². The van der Waals surface area contributed by atoms with Crippen LogP contribution in [0.2, 0.25) is 0 Å². The van der Waals surface area contributed by atoms with E-state index in [9.17, 15) is 44.3 Å². The zero-order chi connectivity index (χ0) is 24.5. The summed E-state index contributed by atoms with van der Waals surface area (Å²) in [5.41, 5.74) is 0. The molecule has 0 fully saturated rings. The van der Waals surface area contributed by atoms with Crippen LogP contribution in [-0.2, 0) is 39.3 Å². The summed E-state index contributed by atoms with van der Waals surface area (Å²) < 4.78 is 97.7. The largest absolute Gasteiger partial charge is 0.507 e. The normalized spacial score (nSPS) is 13.3. The molecule has 0 heterocycles. The number of aromatic hydroxyl groups is 1. The molecule has 3 N–H and O–H groups in total. The molecule has 0 unspecified atom stereocenters. The third-order valence-electron chi connectivity index (χ3n) is 5.01. The third kappa shape index (κ3) is 3.80. The molecule has 14 heteroatoms. The molecule has 4 rings (SSSR count). The molecule has 0 radical (unpaired) electrons. The van der Waals surface area contributed by atoms with E-state index >= 15 is 0 Å². The molecule has 4 aromatic carbocycles. The molecule has 174 valence electrons. The molecule has 0 bridgehead atoms. The monoisotopic (exact) mass is 514 g/mol. The van der Waals surface area contributed by atoms with Crippen molar-refractivity contribution in [2.45, 2.75) is 21.6 Å². The summed E-state index contributed by atoms with van der Waals surface area (Å²) in [6, 6.07) is 6.25. The van der Waals surface area contributed by atoms with Gasteiger partial charge in [0.2, 0.25) is 0 Å². The summed E-state index contributed by atoms with van der Waals surface area (Å²) in [6.45, 7) is 0.238. The van der Waals surface area contributed by atoms with Gasteiger partial charge in [-0.1, -0.05) is 18.2 Å². The zero-order valence-corrected chi connectivity index (χ0v) is 19.0. The van der Waals surface area contributed by atoms with Crippen LogP contribution in [-0.4, -0.2) is 51.9 Å². The van der Waals surface area contributed by atoms with Gasteiger partial charge in [0.25, 0.3) is 30.4 Å². The van der Waals surface area contributed by atoms with E-state index in [1.54, 1.807) is 0 Å². The SMILES string of the molecule is CC(=O)COS(=O)(=O)c1cc(S(=O)(=O)O)c2ccc3c(S(=O)(=O)O)cc(O)c4ccc1c2c43. The fourth-order valence-corrected chi connectivity index (χ4v) is 6.38. The number of Topliss-reactive ketones (excluding diaryl/α,β-unsaturated/α-hetero) is 1. The molecule has 0 atom stereocenters. The van der Waals surface area contributed by atoms with Gasteiger partial charge >= 0.3 is 0 Å². The van der Waals surface area contributed by atoms with E-state index in [2.05, 4.69) is 0 Å². The number of carbonyl (C=O) groups excluding carboxylic acids is 1. The van der Waals surface area contributed by atoms with Crippen molar-refractivity contribution in [3.63, 3.8) is 0 Å². The van der Waals surface area contributed by atoms with Crippen molar-refractivity contribution < 1.29 is 48.4 Å². The standard InChI is InChI=1S/C19H14O11S3/c1-9(20)8-30-33(28,29)17-7-16(32(25,26)27)12-5-4-11-15(31(22,23)24)6-14(21)10-2-3-13(17)19(12)18(10)11/h2-7,21H,8H2,1H3,(H,22,23,24)(H,25,26,27). The van der Waals surface area contributed by atoms with Gasteiger partial charge in [0.15, 0.2) is 5.78 Å². The number of hydrogen-bond donors (Lipinski definition) is 3. The molecule has 0 amide bonds. The van der Waals surface area contributed by atoms with Crippen molar-refractivity contribution in [2.75, 3.05) is 6.61 Å². The maximum absolute atomic E-state index is 12.8. The van der Waals surface area contributed by atoms with Crippen molar-refractivity contribution in [1.29, 1.82) is 0 Å². The van der Waals surface area contributed by atoms with Gasteiger partial charge in [-0.2, -0.15) is 25.3 Å². The highest BCUT2D eigenvalue weighted by Gasteiger charge is 2.29. The molecule has 0 aromatic heterocycles. The first-order valence-electron chi connectivity index (χ1n) is 8.94. The summed E-state index contributed by atoms with van der Waals surface area (Å²) in [4.78, 5) is 8.98. The lowest BCUT2D eigenvalue weighted by atomic mass is 9.94. The zero-order valence-electron chi connectivity index (χ0n) is 16.5. The molecular weight excluding hydrogens is 500 g/mol. The second-order valence-electron chi connectivity index (χ2n) is 7.21. The summed E-state index contributed by atoms with van der Waals surface area (Å²) in [5, 5.41) is 9.74. The van der Waals surface area contributed by atoms with Gasteiger partial charge in [0.1, 0.15) is 27.0 Å². The van der Waals surface area contributed by atoms with Crippen LogP contribution in [0.5, 0.6) is 5.75 Å². The first-order chi connectivity index (χ1) is 15.1. The second-order valence-corrected chi connectivity index (χ2v) is 11.6. The highest BCUT2D eigenvalue weighted by atomic mass is 32.2. The molecular formula is C19H14O11S3. The molecule has 0 saturated carbocycles. The molecule has 11 nitrogen and oxygen atoms in total. The van der Waals surface area contributed by atoms with Gasteiger partial charge in [0, 0.05) is 38.4 Å². The minimum atomic E-state index is -5.01. The number of benzene rings is 4. The Morgan fingerprint density at radius 3 is 1.67 bits per heavy atom. The highest BCUT2D eigenvalue weighted by molar-refractivity contribution is 7.87. The van der Waals surface area contributed by atoms with E-state index in [1.807, 2.05) is 0 Å². The predicted molar refractivity (Wildman–Crippen MR) is 115 cm³/mol. The minimum absolute atomic E-state index is 0.0241. The van der Waals surface area contributed by atoms with Crippen LogP contribution >= 0.6 is 0 Å². The van der Waals surface area contributed by atoms with Crippen molar-refractivity contribution in [1.82, 2.24) is 0 Å². The van der Waals surface area contributed by atoms with Gasteiger partial charge < -0.3 is 5.11 Å². The summed E-state index contributed by atoms with van der Waals surface area (Å²) in [5.74, 6) is -1.21. The second kappa shape index (κ2) is 7.31. The van der Waals surface area contributed by atoms with E-state index < -0.39 is 63.2 Å². The van der Waals surface area contributed by atoms with Gasteiger partial charge in [0.05, 0.1) is 0 Å².